The number of aliphatic hydroxyl groups is 1. The van der Waals surface area contributed by atoms with Gasteiger partial charge in [-0.05, 0) is 25.7 Å². The molecule has 2 nitrogen and oxygen atoms in total. The van der Waals surface area contributed by atoms with Gasteiger partial charge in [-0.25, -0.2) is 0 Å². The van der Waals surface area contributed by atoms with Gasteiger partial charge in [-0.2, -0.15) is 0 Å². The van der Waals surface area contributed by atoms with Crippen LogP contribution >= 0.6 is 0 Å². The molecule has 0 aromatic rings. The minimum atomic E-state index is 0.126. The van der Waals surface area contributed by atoms with Crippen molar-refractivity contribution in [1.29, 1.82) is 0 Å². The summed E-state index contributed by atoms with van der Waals surface area (Å²) >= 11 is 0. The minimum Gasteiger partial charge on any atom is -0.394 e. The second-order valence-corrected chi connectivity index (χ2v) is 3.64. The number of rotatable bonds is 4. The van der Waals surface area contributed by atoms with Crippen LogP contribution in [-0.2, 0) is 4.74 Å². The molecule has 0 aromatic heterocycles. The summed E-state index contributed by atoms with van der Waals surface area (Å²) in [7, 11) is 0. The third-order valence-corrected chi connectivity index (χ3v) is 2.52. The van der Waals surface area contributed by atoms with Crippen molar-refractivity contribution < 1.29 is 9.84 Å². The van der Waals surface area contributed by atoms with Crippen LogP contribution in [0.25, 0.3) is 0 Å². The van der Waals surface area contributed by atoms with E-state index in [9.17, 15) is 0 Å². The number of unbranched alkanes of at least 4 members (excludes halogenated alkanes) is 1. The molecule has 1 rings (SSSR count). The molecule has 1 fully saturated rings. The molecule has 1 N–H and O–H groups in total. The normalized spacial score (nSPS) is 30.5. The molecule has 2 heteroatoms. The van der Waals surface area contributed by atoms with Gasteiger partial charge >= 0.3 is 0 Å². The highest BCUT2D eigenvalue weighted by Gasteiger charge is 2.20. The van der Waals surface area contributed by atoms with Gasteiger partial charge in [0.25, 0.3) is 0 Å². The van der Waals surface area contributed by atoms with Crippen molar-refractivity contribution in [3.05, 3.63) is 0 Å². The summed E-state index contributed by atoms with van der Waals surface area (Å²) < 4.78 is 5.69. The Bertz CT molecular complexity index is 114. The van der Waals surface area contributed by atoms with Gasteiger partial charge in [-0.15, -0.1) is 0 Å². The number of aliphatic hydroxyl groups excluding tert-OH is 1. The van der Waals surface area contributed by atoms with Gasteiger partial charge in [0, 0.05) is 0 Å². The molecule has 1 aliphatic rings. The maximum atomic E-state index is 8.91. The van der Waals surface area contributed by atoms with E-state index in [2.05, 4.69) is 6.92 Å². The van der Waals surface area contributed by atoms with E-state index < -0.39 is 0 Å². The van der Waals surface area contributed by atoms with E-state index in [1.807, 2.05) is 0 Å². The van der Waals surface area contributed by atoms with E-state index in [-0.39, 0.29) is 12.7 Å². The SMILES string of the molecule is CCCCC1CCCC(CO)O1. The minimum absolute atomic E-state index is 0.126. The standard InChI is InChI=1S/C10H20O2/c1-2-3-5-9-6-4-7-10(8-11)12-9/h9-11H,2-8H2,1H3. The molecule has 2 unspecified atom stereocenters. The average Bonchev–Trinajstić information content (AvgIpc) is 2.15. The molecule has 2 atom stereocenters. The van der Waals surface area contributed by atoms with Gasteiger partial charge in [-0.3, -0.25) is 0 Å². The number of ether oxygens (including phenoxy) is 1. The Labute approximate surface area is 74.9 Å². The molecular formula is C10H20O2. The Kier molecular flexibility index (Phi) is 4.62. The Morgan fingerprint density at radius 3 is 2.75 bits per heavy atom. The first kappa shape index (κ1) is 10.0. The van der Waals surface area contributed by atoms with Gasteiger partial charge in [0.15, 0.2) is 0 Å². The fourth-order valence-electron chi connectivity index (χ4n) is 1.76. The van der Waals surface area contributed by atoms with Crippen LogP contribution in [0.3, 0.4) is 0 Å². The van der Waals surface area contributed by atoms with E-state index in [1.165, 1.54) is 32.1 Å². The maximum Gasteiger partial charge on any atom is 0.0809 e. The number of hydrogen-bond acceptors (Lipinski definition) is 2. The van der Waals surface area contributed by atoms with Crippen LogP contribution in [0.5, 0.6) is 0 Å². The third-order valence-electron chi connectivity index (χ3n) is 2.52. The summed E-state index contributed by atoms with van der Waals surface area (Å²) in [5.41, 5.74) is 0. The summed E-state index contributed by atoms with van der Waals surface area (Å²) in [5.74, 6) is 0. The van der Waals surface area contributed by atoms with Crippen LogP contribution in [0.2, 0.25) is 0 Å². The van der Waals surface area contributed by atoms with Gasteiger partial charge in [-0.1, -0.05) is 19.8 Å². The summed E-state index contributed by atoms with van der Waals surface area (Å²) in [6.45, 7) is 2.40. The topological polar surface area (TPSA) is 29.5 Å². The van der Waals surface area contributed by atoms with Crippen LogP contribution in [-0.4, -0.2) is 23.9 Å². The first-order chi connectivity index (χ1) is 5.86. The number of hydrogen-bond donors (Lipinski definition) is 1. The Balaban J connectivity index is 2.16. The molecule has 1 heterocycles. The molecule has 72 valence electrons. The molecule has 1 saturated heterocycles. The van der Waals surface area contributed by atoms with Crippen molar-refractivity contribution in [2.75, 3.05) is 6.61 Å². The lowest BCUT2D eigenvalue weighted by atomic mass is 10.0. The molecule has 1 aliphatic heterocycles. The predicted molar refractivity (Wildman–Crippen MR) is 49.1 cm³/mol. The van der Waals surface area contributed by atoms with Crippen LogP contribution in [0.1, 0.15) is 45.4 Å². The van der Waals surface area contributed by atoms with Crippen LogP contribution in [0.4, 0.5) is 0 Å². The molecule has 0 spiro atoms. The average molecular weight is 172 g/mol. The Morgan fingerprint density at radius 2 is 2.08 bits per heavy atom. The summed E-state index contributed by atoms with van der Waals surface area (Å²) in [5, 5.41) is 8.91. The molecule has 0 amide bonds. The lowest BCUT2D eigenvalue weighted by molar-refractivity contribution is -0.0750. The maximum absolute atomic E-state index is 8.91. The fraction of sp³-hybridized carbons (Fsp3) is 1.00. The van der Waals surface area contributed by atoms with Gasteiger partial charge in [0.05, 0.1) is 18.8 Å². The quantitative estimate of drug-likeness (QED) is 0.703. The van der Waals surface area contributed by atoms with Gasteiger partial charge < -0.3 is 9.84 Å². The Morgan fingerprint density at radius 1 is 1.33 bits per heavy atom. The van der Waals surface area contributed by atoms with Crippen molar-refractivity contribution in [3.63, 3.8) is 0 Å². The zero-order chi connectivity index (χ0) is 8.81. The zero-order valence-corrected chi connectivity index (χ0v) is 7.96. The molecule has 0 aromatic carbocycles. The molecule has 0 bridgehead atoms. The van der Waals surface area contributed by atoms with Crippen molar-refractivity contribution >= 4 is 0 Å². The second-order valence-electron chi connectivity index (χ2n) is 3.64. The largest absolute Gasteiger partial charge is 0.394 e. The highest BCUT2D eigenvalue weighted by atomic mass is 16.5. The Hall–Kier alpha value is -0.0800. The lowest BCUT2D eigenvalue weighted by Gasteiger charge is -2.28. The molecule has 0 aliphatic carbocycles. The first-order valence-corrected chi connectivity index (χ1v) is 5.13. The van der Waals surface area contributed by atoms with Crippen molar-refractivity contribution in [2.45, 2.75) is 57.7 Å². The van der Waals surface area contributed by atoms with Crippen LogP contribution < -0.4 is 0 Å². The van der Waals surface area contributed by atoms with Crippen LogP contribution in [0.15, 0.2) is 0 Å². The summed E-state index contributed by atoms with van der Waals surface area (Å²) in [6.07, 6.45) is 7.67. The van der Waals surface area contributed by atoms with Crippen molar-refractivity contribution in [3.8, 4) is 0 Å². The fourth-order valence-corrected chi connectivity index (χ4v) is 1.76. The van der Waals surface area contributed by atoms with Gasteiger partial charge in [0.2, 0.25) is 0 Å². The van der Waals surface area contributed by atoms with Crippen molar-refractivity contribution in [1.82, 2.24) is 0 Å². The van der Waals surface area contributed by atoms with Gasteiger partial charge in [0.1, 0.15) is 0 Å². The summed E-state index contributed by atoms with van der Waals surface area (Å²) in [6, 6.07) is 0. The predicted octanol–water partition coefficient (Wildman–Crippen LogP) is 2.11. The molecule has 12 heavy (non-hydrogen) atoms. The van der Waals surface area contributed by atoms with E-state index >= 15 is 0 Å². The van der Waals surface area contributed by atoms with E-state index in [1.54, 1.807) is 0 Å². The van der Waals surface area contributed by atoms with E-state index in [4.69, 9.17) is 9.84 Å². The third kappa shape index (κ3) is 3.11. The lowest BCUT2D eigenvalue weighted by Crippen LogP contribution is -2.29. The summed E-state index contributed by atoms with van der Waals surface area (Å²) in [4.78, 5) is 0. The molecular weight excluding hydrogens is 152 g/mol. The van der Waals surface area contributed by atoms with E-state index in [0.29, 0.717) is 6.10 Å². The highest BCUT2D eigenvalue weighted by molar-refractivity contribution is 4.70. The zero-order valence-electron chi connectivity index (χ0n) is 7.96. The molecule has 0 radical (unpaired) electrons. The smallest absolute Gasteiger partial charge is 0.0809 e. The van der Waals surface area contributed by atoms with Crippen molar-refractivity contribution in [2.24, 2.45) is 0 Å². The van der Waals surface area contributed by atoms with Crippen LogP contribution in [0, 0.1) is 0 Å². The monoisotopic (exact) mass is 172 g/mol. The highest BCUT2D eigenvalue weighted by Crippen LogP contribution is 2.22. The van der Waals surface area contributed by atoms with E-state index in [0.717, 1.165) is 6.42 Å². The second kappa shape index (κ2) is 5.55. The first-order valence-electron chi connectivity index (χ1n) is 5.13. The molecule has 0 saturated carbocycles.